The smallest absolute Gasteiger partial charge is 0.338 e. The Morgan fingerprint density at radius 1 is 1.47 bits per heavy atom. The first-order valence-electron chi connectivity index (χ1n) is 6.58. The van der Waals surface area contributed by atoms with Gasteiger partial charge >= 0.3 is 5.97 Å². The summed E-state index contributed by atoms with van der Waals surface area (Å²) in [7, 11) is 1.34. The van der Waals surface area contributed by atoms with Crippen LogP contribution in [0, 0.1) is 5.92 Å². The number of hydrogen-bond donors (Lipinski definition) is 2. The number of anilines is 1. The highest BCUT2D eigenvalue weighted by Crippen LogP contribution is 2.14. The fourth-order valence-electron chi connectivity index (χ4n) is 1.98. The van der Waals surface area contributed by atoms with Crippen LogP contribution in [0.2, 0.25) is 0 Å². The van der Waals surface area contributed by atoms with E-state index >= 15 is 0 Å². The van der Waals surface area contributed by atoms with Gasteiger partial charge in [-0.1, -0.05) is 26.7 Å². The fraction of sp³-hybridized carbons (Fsp3) is 0.571. The number of methoxy groups -OCH3 is 1. The van der Waals surface area contributed by atoms with Crippen molar-refractivity contribution in [2.75, 3.05) is 19.0 Å². The largest absolute Gasteiger partial charge is 0.465 e. The lowest BCUT2D eigenvalue weighted by Crippen LogP contribution is -2.28. The maximum absolute atomic E-state index is 11.4. The monoisotopic (exact) mass is 266 g/mol. The number of aliphatic hydroxyl groups excluding tert-OH is 1. The van der Waals surface area contributed by atoms with Gasteiger partial charge in [-0.05, 0) is 18.1 Å². The van der Waals surface area contributed by atoms with E-state index < -0.39 is 12.1 Å². The third-order valence-corrected chi connectivity index (χ3v) is 3.27. The van der Waals surface area contributed by atoms with E-state index in [0.717, 1.165) is 12.8 Å². The molecule has 0 bridgehead atoms. The van der Waals surface area contributed by atoms with Gasteiger partial charge in [0.25, 0.3) is 0 Å². The molecule has 1 aromatic heterocycles. The number of aliphatic hydroxyl groups is 1. The van der Waals surface area contributed by atoms with Crippen LogP contribution >= 0.6 is 0 Å². The molecule has 1 unspecified atom stereocenters. The molecule has 1 aromatic rings. The third kappa shape index (κ3) is 4.52. The van der Waals surface area contributed by atoms with E-state index in [-0.39, 0.29) is 5.92 Å². The topological polar surface area (TPSA) is 71.5 Å². The highest BCUT2D eigenvalue weighted by atomic mass is 16.5. The lowest BCUT2D eigenvalue weighted by molar-refractivity contribution is 0.0600. The summed E-state index contributed by atoms with van der Waals surface area (Å²) in [5.74, 6) is 0.440. The number of ether oxygens (including phenoxy) is 1. The molecule has 0 aliphatic carbocycles. The summed E-state index contributed by atoms with van der Waals surface area (Å²) >= 11 is 0. The van der Waals surface area contributed by atoms with Crippen molar-refractivity contribution in [1.82, 2.24) is 4.98 Å². The zero-order valence-electron chi connectivity index (χ0n) is 11.7. The van der Waals surface area contributed by atoms with E-state index in [1.54, 1.807) is 12.1 Å². The summed E-state index contributed by atoms with van der Waals surface area (Å²) < 4.78 is 4.65. The Kier molecular flexibility index (Phi) is 6.29. The summed E-state index contributed by atoms with van der Waals surface area (Å²) in [5.41, 5.74) is 0.442. The number of rotatable bonds is 7. The quantitative estimate of drug-likeness (QED) is 0.739. The molecular weight excluding hydrogens is 244 g/mol. The first-order valence-corrected chi connectivity index (χ1v) is 6.58. The van der Waals surface area contributed by atoms with Crippen LogP contribution in [0.3, 0.4) is 0 Å². The lowest BCUT2D eigenvalue weighted by Gasteiger charge is -2.20. The molecule has 1 heterocycles. The molecule has 0 saturated heterocycles. The molecule has 1 atom stereocenters. The van der Waals surface area contributed by atoms with Crippen LogP contribution in [0.25, 0.3) is 0 Å². The number of pyridine rings is 1. The molecule has 0 spiro atoms. The van der Waals surface area contributed by atoms with Gasteiger partial charge in [-0.25, -0.2) is 9.78 Å². The predicted octanol–water partition coefficient (Wildman–Crippen LogP) is 2.08. The molecule has 0 aliphatic heterocycles. The summed E-state index contributed by atoms with van der Waals surface area (Å²) in [6.07, 6.45) is 3.00. The molecule has 0 fully saturated rings. The normalized spacial score (nSPS) is 12.3. The SMILES string of the molecule is CCC(CC)C(O)CNc1cc(C(=O)OC)ccn1. The van der Waals surface area contributed by atoms with Crippen molar-refractivity contribution in [3.63, 3.8) is 0 Å². The van der Waals surface area contributed by atoms with Crippen LogP contribution in [0.15, 0.2) is 18.3 Å². The van der Waals surface area contributed by atoms with E-state index in [0.29, 0.717) is 17.9 Å². The predicted molar refractivity (Wildman–Crippen MR) is 74.1 cm³/mol. The molecule has 2 N–H and O–H groups in total. The van der Waals surface area contributed by atoms with E-state index in [4.69, 9.17) is 0 Å². The number of carbonyl (C=O) groups excluding carboxylic acids is 1. The van der Waals surface area contributed by atoms with Crippen LogP contribution in [0.4, 0.5) is 5.82 Å². The second-order valence-electron chi connectivity index (χ2n) is 4.45. The molecule has 0 aliphatic rings. The second-order valence-corrected chi connectivity index (χ2v) is 4.45. The minimum absolute atomic E-state index is 0.274. The van der Waals surface area contributed by atoms with Crippen molar-refractivity contribution in [3.8, 4) is 0 Å². The van der Waals surface area contributed by atoms with Crippen LogP contribution in [0.1, 0.15) is 37.0 Å². The summed E-state index contributed by atoms with van der Waals surface area (Å²) in [5, 5.41) is 13.1. The molecule has 5 heteroatoms. The van der Waals surface area contributed by atoms with Gasteiger partial charge in [0.05, 0.1) is 18.8 Å². The first kappa shape index (κ1) is 15.4. The number of carbonyl (C=O) groups is 1. The minimum atomic E-state index is -0.418. The van der Waals surface area contributed by atoms with E-state index in [1.807, 2.05) is 0 Å². The zero-order valence-corrected chi connectivity index (χ0v) is 11.7. The van der Waals surface area contributed by atoms with Gasteiger partial charge in [0.2, 0.25) is 0 Å². The number of nitrogens with one attached hydrogen (secondary N) is 1. The molecule has 0 saturated carbocycles. The third-order valence-electron chi connectivity index (χ3n) is 3.27. The van der Waals surface area contributed by atoms with Gasteiger partial charge < -0.3 is 15.2 Å². The highest BCUT2D eigenvalue weighted by molar-refractivity contribution is 5.89. The zero-order chi connectivity index (χ0) is 14.3. The average molecular weight is 266 g/mol. The molecule has 19 heavy (non-hydrogen) atoms. The van der Waals surface area contributed by atoms with Crippen molar-refractivity contribution in [1.29, 1.82) is 0 Å². The van der Waals surface area contributed by atoms with Gasteiger partial charge in [0, 0.05) is 12.7 Å². The van der Waals surface area contributed by atoms with Gasteiger partial charge in [-0.3, -0.25) is 0 Å². The Balaban J connectivity index is 2.60. The van der Waals surface area contributed by atoms with Gasteiger partial charge in [0.1, 0.15) is 5.82 Å². The van der Waals surface area contributed by atoms with Crippen LogP contribution < -0.4 is 5.32 Å². The van der Waals surface area contributed by atoms with E-state index in [1.165, 1.54) is 13.3 Å². The number of aromatic nitrogens is 1. The fourth-order valence-corrected chi connectivity index (χ4v) is 1.98. The van der Waals surface area contributed by atoms with Gasteiger partial charge in [-0.15, -0.1) is 0 Å². The highest BCUT2D eigenvalue weighted by Gasteiger charge is 2.15. The number of hydrogen-bond acceptors (Lipinski definition) is 5. The molecule has 106 valence electrons. The van der Waals surface area contributed by atoms with Crippen LogP contribution in [0.5, 0.6) is 0 Å². The van der Waals surface area contributed by atoms with Crippen molar-refractivity contribution in [3.05, 3.63) is 23.9 Å². The lowest BCUT2D eigenvalue weighted by atomic mass is 9.96. The van der Waals surface area contributed by atoms with Crippen molar-refractivity contribution >= 4 is 11.8 Å². The Bertz CT molecular complexity index is 405. The van der Waals surface area contributed by atoms with Crippen molar-refractivity contribution in [2.24, 2.45) is 5.92 Å². The maximum atomic E-state index is 11.4. The molecule has 0 radical (unpaired) electrons. The van der Waals surface area contributed by atoms with E-state index in [9.17, 15) is 9.90 Å². The van der Waals surface area contributed by atoms with E-state index in [2.05, 4.69) is 28.9 Å². The molecule has 5 nitrogen and oxygen atoms in total. The van der Waals surface area contributed by atoms with Crippen molar-refractivity contribution in [2.45, 2.75) is 32.8 Å². The Labute approximate surface area is 114 Å². The Morgan fingerprint density at radius 3 is 2.74 bits per heavy atom. The van der Waals surface area contributed by atoms with Crippen LogP contribution in [-0.4, -0.2) is 35.8 Å². The second kappa shape index (κ2) is 7.74. The summed E-state index contributed by atoms with van der Waals surface area (Å²) in [4.78, 5) is 15.5. The first-order chi connectivity index (χ1) is 9.12. The molecule has 0 amide bonds. The molecule has 1 rings (SSSR count). The molecule has 0 aromatic carbocycles. The van der Waals surface area contributed by atoms with Crippen molar-refractivity contribution < 1.29 is 14.6 Å². The maximum Gasteiger partial charge on any atom is 0.338 e. The van der Waals surface area contributed by atoms with Gasteiger partial charge in [-0.2, -0.15) is 0 Å². The minimum Gasteiger partial charge on any atom is -0.465 e. The average Bonchev–Trinajstić information content (AvgIpc) is 2.45. The summed E-state index contributed by atoms with van der Waals surface area (Å²) in [6.45, 7) is 4.55. The summed E-state index contributed by atoms with van der Waals surface area (Å²) in [6, 6.07) is 3.21. The number of esters is 1. The van der Waals surface area contributed by atoms with Crippen LogP contribution in [-0.2, 0) is 4.74 Å². The molecular formula is C14H22N2O3. The standard InChI is InChI=1S/C14H22N2O3/c1-4-10(5-2)12(17)9-16-13-8-11(6-7-15-13)14(18)19-3/h6-8,10,12,17H,4-5,9H2,1-3H3,(H,15,16). The Hall–Kier alpha value is -1.62. The van der Waals surface area contributed by atoms with Gasteiger partial charge in [0.15, 0.2) is 0 Å². The number of nitrogens with zero attached hydrogens (tertiary/aromatic N) is 1. The Morgan fingerprint density at radius 2 is 2.16 bits per heavy atom.